The Hall–Kier alpha value is -3.17. The maximum absolute atomic E-state index is 14.1. The lowest BCUT2D eigenvalue weighted by Crippen LogP contribution is -2.54. The summed E-state index contributed by atoms with van der Waals surface area (Å²) in [6.45, 7) is 5.64. The van der Waals surface area contributed by atoms with Crippen molar-refractivity contribution in [2.45, 2.75) is 58.7 Å². The lowest BCUT2D eigenvalue weighted by molar-refractivity contribution is -0.140. The van der Waals surface area contributed by atoms with Gasteiger partial charge in [-0.1, -0.05) is 84.4 Å². The van der Waals surface area contributed by atoms with Crippen LogP contribution < -0.4 is 9.62 Å². The van der Waals surface area contributed by atoms with Crippen LogP contribution in [0.25, 0.3) is 0 Å². The van der Waals surface area contributed by atoms with Gasteiger partial charge in [-0.15, -0.1) is 0 Å². The Morgan fingerprint density at radius 1 is 0.875 bits per heavy atom. The number of anilines is 1. The molecule has 214 valence electrons. The van der Waals surface area contributed by atoms with E-state index in [2.05, 4.69) is 21.2 Å². The molecular weight excluding hydrogens is 590 g/mol. The largest absolute Gasteiger partial charge is 0.352 e. The number of halogens is 1. The molecule has 3 aromatic rings. The average Bonchev–Trinajstić information content (AvgIpc) is 2.94. The number of hydrogen-bond acceptors (Lipinski definition) is 4. The van der Waals surface area contributed by atoms with Crippen molar-refractivity contribution in [1.82, 2.24) is 10.2 Å². The van der Waals surface area contributed by atoms with E-state index in [-0.39, 0.29) is 24.9 Å². The topological polar surface area (TPSA) is 86.8 Å². The second-order valence-electron chi connectivity index (χ2n) is 9.96. The molecule has 3 aromatic carbocycles. The summed E-state index contributed by atoms with van der Waals surface area (Å²) < 4.78 is 27.8. The van der Waals surface area contributed by atoms with Gasteiger partial charge in [0.15, 0.2) is 0 Å². The van der Waals surface area contributed by atoms with Crippen LogP contribution in [0.1, 0.15) is 43.9 Å². The first-order valence-electron chi connectivity index (χ1n) is 13.5. The molecular formula is C31H38BrN3O4S. The van der Waals surface area contributed by atoms with Crippen molar-refractivity contribution in [2.75, 3.05) is 17.1 Å². The summed E-state index contributed by atoms with van der Waals surface area (Å²) in [6.07, 6.45) is 2.92. The molecule has 7 nitrogen and oxygen atoms in total. The van der Waals surface area contributed by atoms with E-state index in [0.717, 1.165) is 44.6 Å². The third kappa shape index (κ3) is 8.93. The second kappa shape index (κ2) is 14.5. The lowest BCUT2D eigenvalue weighted by Gasteiger charge is -2.34. The van der Waals surface area contributed by atoms with Gasteiger partial charge in [-0.2, -0.15) is 0 Å². The van der Waals surface area contributed by atoms with E-state index in [1.54, 1.807) is 12.1 Å². The van der Waals surface area contributed by atoms with Gasteiger partial charge < -0.3 is 10.2 Å². The van der Waals surface area contributed by atoms with Crippen LogP contribution in [0.3, 0.4) is 0 Å². The first kappa shape index (κ1) is 31.4. The fraction of sp³-hybridized carbons (Fsp3) is 0.355. The number of nitrogens with one attached hydrogen (secondary N) is 1. The van der Waals surface area contributed by atoms with Crippen LogP contribution in [0.15, 0.2) is 83.3 Å². The summed E-state index contributed by atoms with van der Waals surface area (Å²) in [5.74, 6) is -0.741. The monoisotopic (exact) mass is 627 g/mol. The zero-order chi connectivity index (χ0) is 29.3. The van der Waals surface area contributed by atoms with Crippen molar-refractivity contribution >= 4 is 43.5 Å². The summed E-state index contributed by atoms with van der Waals surface area (Å²) >= 11 is 3.44. The van der Waals surface area contributed by atoms with Crippen molar-refractivity contribution in [3.8, 4) is 0 Å². The normalized spacial score (nSPS) is 12.8. The molecule has 2 atom stereocenters. The van der Waals surface area contributed by atoms with Crippen LogP contribution >= 0.6 is 15.9 Å². The molecule has 0 heterocycles. The first-order chi connectivity index (χ1) is 19.0. The number of aryl methyl sites for hydroxylation is 1. The lowest BCUT2D eigenvalue weighted by atomic mass is 10.0. The molecule has 0 spiro atoms. The average molecular weight is 629 g/mol. The summed E-state index contributed by atoms with van der Waals surface area (Å²) in [5, 5.41) is 3.04. The van der Waals surface area contributed by atoms with Gasteiger partial charge in [0, 0.05) is 23.5 Å². The van der Waals surface area contributed by atoms with Gasteiger partial charge >= 0.3 is 0 Å². The zero-order valence-corrected chi connectivity index (χ0v) is 25.9. The number of carbonyl (C=O) groups excluding carboxylic acids is 2. The molecule has 2 amide bonds. The van der Waals surface area contributed by atoms with E-state index in [0.29, 0.717) is 5.69 Å². The van der Waals surface area contributed by atoms with E-state index < -0.39 is 28.5 Å². The minimum Gasteiger partial charge on any atom is -0.352 e. The Kier molecular flexibility index (Phi) is 11.3. The summed E-state index contributed by atoms with van der Waals surface area (Å²) in [4.78, 5) is 29.3. The van der Waals surface area contributed by atoms with Crippen molar-refractivity contribution in [2.24, 2.45) is 0 Å². The smallest absolute Gasteiger partial charge is 0.244 e. The third-order valence-electron chi connectivity index (χ3n) is 6.85. The number of carbonyl (C=O) groups is 2. The standard InChI is InChI=1S/C31H38BrN3O4S/c1-5-23(3)33-31(37)29(20-25-10-8-7-9-11-25)34(21-26-12-16-27(32)17-13-26)30(36)22-35(40(4,38)39)28-18-14-24(6-2)15-19-28/h7-19,23,29H,5-6,20-22H2,1-4H3,(H,33,37)/t23-,29+/m1/s1. The van der Waals surface area contributed by atoms with E-state index in [9.17, 15) is 18.0 Å². The van der Waals surface area contributed by atoms with Gasteiger partial charge in [-0.25, -0.2) is 8.42 Å². The molecule has 0 aliphatic carbocycles. The Bertz CT molecular complexity index is 1360. The van der Waals surface area contributed by atoms with Crippen molar-refractivity contribution < 1.29 is 18.0 Å². The van der Waals surface area contributed by atoms with E-state index in [1.807, 2.05) is 87.5 Å². The van der Waals surface area contributed by atoms with Crippen LogP contribution in [-0.2, 0) is 39.0 Å². The van der Waals surface area contributed by atoms with Crippen LogP contribution in [0, 0.1) is 0 Å². The molecule has 0 aliphatic rings. The summed E-state index contributed by atoms with van der Waals surface area (Å²) in [5.41, 5.74) is 3.19. The Morgan fingerprint density at radius 3 is 2.02 bits per heavy atom. The van der Waals surface area contributed by atoms with Gasteiger partial charge in [0.05, 0.1) is 11.9 Å². The first-order valence-corrected chi connectivity index (χ1v) is 16.1. The predicted octanol–water partition coefficient (Wildman–Crippen LogP) is 5.33. The third-order valence-corrected chi connectivity index (χ3v) is 8.52. The number of hydrogen-bond donors (Lipinski definition) is 1. The number of benzene rings is 3. The van der Waals surface area contributed by atoms with Gasteiger partial charge in [-0.05, 0) is 60.7 Å². The number of amides is 2. The Labute approximate surface area is 246 Å². The van der Waals surface area contributed by atoms with Gasteiger partial charge in [-0.3, -0.25) is 13.9 Å². The van der Waals surface area contributed by atoms with Crippen molar-refractivity contribution in [3.63, 3.8) is 0 Å². The molecule has 0 aliphatic heterocycles. The highest BCUT2D eigenvalue weighted by Gasteiger charge is 2.33. The van der Waals surface area contributed by atoms with Crippen LogP contribution in [0.2, 0.25) is 0 Å². The van der Waals surface area contributed by atoms with E-state index in [1.165, 1.54) is 4.90 Å². The predicted molar refractivity (Wildman–Crippen MR) is 165 cm³/mol. The molecule has 9 heteroatoms. The maximum Gasteiger partial charge on any atom is 0.244 e. The van der Waals surface area contributed by atoms with Crippen LogP contribution in [-0.4, -0.2) is 50.0 Å². The molecule has 3 rings (SSSR count). The maximum atomic E-state index is 14.1. The summed E-state index contributed by atoms with van der Waals surface area (Å²) in [6, 6.07) is 23.3. The fourth-order valence-corrected chi connectivity index (χ4v) is 5.41. The molecule has 0 saturated carbocycles. The highest BCUT2D eigenvalue weighted by Crippen LogP contribution is 2.22. The van der Waals surface area contributed by atoms with Gasteiger partial charge in [0.2, 0.25) is 21.8 Å². The van der Waals surface area contributed by atoms with E-state index in [4.69, 9.17) is 0 Å². The Morgan fingerprint density at radius 2 is 1.48 bits per heavy atom. The Balaban J connectivity index is 2.04. The highest BCUT2D eigenvalue weighted by atomic mass is 79.9. The van der Waals surface area contributed by atoms with Crippen LogP contribution in [0.4, 0.5) is 5.69 Å². The molecule has 0 fully saturated rings. The van der Waals surface area contributed by atoms with E-state index >= 15 is 0 Å². The molecule has 0 radical (unpaired) electrons. The zero-order valence-electron chi connectivity index (χ0n) is 23.5. The molecule has 40 heavy (non-hydrogen) atoms. The second-order valence-corrected chi connectivity index (χ2v) is 12.8. The minimum absolute atomic E-state index is 0.0833. The summed E-state index contributed by atoms with van der Waals surface area (Å²) in [7, 11) is -3.79. The fourth-order valence-electron chi connectivity index (χ4n) is 4.29. The molecule has 0 bridgehead atoms. The van der Waals surface area contributed by atoms with Crippen molar-refractivity contribution in [1.29, 1.82) is 0 Å². The quantitative estimate of drug-likeness (QED) is 0.277. The highest BCUT2D eigenvalue weighted by molar-refractivity contribution is 9.10. The number of sulfonamides is 1. The molecule has 0 aromatic heterocycles. The van der Waals surface area contributed by atoms with Gasteiger partial charge in [0.1, 0.15) is 12.6 Å². The number of nitrogens with zero attached hydrogens (tertiary/aromatic N) is 2. The van der Waals surface area contributed by atoms with Crippen LogP contribution in [0.5, 0.6) is 0 Å². The SMILES string of the molecule is CCc1ccc(N(CC(=O)N(Cc2ccc(Br)cc2)[C@@H](Cc2ccccc2)C(=O)N[C@H](C)CC)S(C)(=O)=O)cc1. The molecule has 0 unspecified atom stereocenters. The van der Waals surface area contributed by atoms with Gasteiger partial charge in [0.25, 0.3) is 0 Å². The molecule has 0 saturated heterocycles. The molecule has 1 N–H and O–H groups in total. The minimum atomic E-state index is -3.79. The van der Waals surface area contributed by atoms with Crippen molar-refractivity contribution in [3.05, 3.63) is 100 Å². The number of rotatable bonds is 13.